The fraction of sp³-hybridized carbons (Fsp3) is 0.824. The molecule has 0 aliphatic heterocycles. The van der Waals surface area contributed by atoms with E-state index in [1.165, 1.54) is 80.9 Å². The highest BCUT2D eigenvalue weighted by molar-refractivity contribution is 5.65. The van der Waals surface area contributed by atoms with E-state index in [1.54, 1.807) is 0 Å². The first-order chi connectivity index (χ1) is 16.9. The van der Waals surface area contributed by atoms with Crippen molar-refractivity contribution in [2.24, 2.45) is 47.3 Å². The third-order valence-corrected chi connectivity index (χ3v) is 12.1. The Hall–Kier alpha value is -1.18. The number of phenolic OH excluding ortho intramolecular Hbond substituents is 2. The van der Waals surface area contributed by atoms with Crippen LogP contribution in [0.3, 0.4) is 0 Å². The third kappa shape index (κ3) is 3.40. The van der Waals surface area contributed by atoms with Crippen LogP contribution in [0.5, 0.6) is 11.5 Å². The van der Waals surface area contributed by atoms with Crippen molar-refractivity contribution in [3.8, 4) is 11.5 Å². The third-order valence-electron chi connectivity index (χ3n) is 12.1. The normalized spacial score (nSPS) is 42.9. The van der Waals surface area contributed by atoms with E-state index in [0.29, 0.717) is 23.3 Å². The number of hydrogen-bond acceptors (Lipinski definition) is 2. The van der Waals surface area contributed by atoms with Crippen LogP contribution in [-0.2, 0) is 10.8 Å². The number of benzene rings is 1. The van der Waals surface area contributed by atoms with Gasteiger partial charge in [0.25, 0.3) is 0 Å². The Balaban J connectivity index is 1.49. The maximum atomic E-state index is 12.2. The van der Waals surface area contributed by atoms with Crippen LogP contribution in [0.1, 0.15) is 140 Å². The summed E-state index contributed by atoms with van der Waals surface area (Å²) in [6.45, 7) is 13.7. The van der Waals surface area contributed by atoms with Crippen molar-refractivity contribution >= 4 is 0 Å². The number of phenols is 2. The van der Waals surface area contributed by atoms with E-state index < -0.39 is 0 Å². The molecule has 0 heterocycles. The summed E-state index contributed by atoms with van der Waals surface area (Å²) in [7, 11) is 0. The molecule has 8 aliphatic carbocycles. The summed E-state index contributed by atoms with van der Waals surface area (Å²) < 4.78 is 0. The van der Waals surface area contributed by atoms with Gasteiger partial charge in [-0.3, -0.25) is 0 Å². The monoisotopic (exact) mass is 490 g/mol. The van der Waals surface area contributed by atoms with Gasteiger partial charge >= 0.3 is 0 Å². The zero-order valence-corrected chi connectivity index (χ0v) is 23.7. The fourth-order valence-electron chi connectivity index (χ4n) is 11.7. The molecule has 9 rings (SSSR count). The van der Waals surface area contributed by atoms with E-state index in [4.69, 9.17) is 0 Å². The van der Waals surface area contributed by atoms with Crippen molar-refractivity contribution in [2.75, 3.05) is 0 Å². The highest BCUT2D eigenvalue weighted by Crippen LogP contribution is 2.67. The molecule has 198 valence electrons. The molecule has 0 atom stereocenters. The van der Waals surface area contributed by atoms with Crippen LogP contribution in [0.25, 0.3) is 0 Å². The van der Waals surface area contributed by atoms with Crippen molar-refractivity contribution in [2.45, 2.75) is 128 Å². The second-order valence-corrected chi connectivity index (χ2v) is 16.7. The summed E-state index contributed by atoms with van der Waals surface area (Å²) in [4.78, 5) is 0. The zero-order chi connectivity index (χ0) is 25.3. The van der Waals surface area contributed by atoms with Crippen LogP contribution < -0.4 is 0 Å². The molecule has 0 aromatic heterocycles. The van der Waals surface area contributed by atoms with Gasteiger partial charge in [-0.1, -0.05) is 41.5 Å². The maximum Gasteiger partial charge on any atom is 0.126 e. The van der Waals surface area contributed by atoms with Gasteiger partial charge in [-0.15, -0.1) is 0 Å². The summed E-state index contributed by atoms with van der Waals surface area (Å²) in [6, 6.07) is 0. The molecule has 8 aliphatic rings. The molecular weight excluding hydrogens is 440 g/mol. The summed E-state index contributed by atoms with van der Waals surface area (Å²) >= 11 is 0. The quantitative estimate of drug-likeness (QED) is 0.435. The van der Waals surface area contributed by atoms with Gasteiger partial charge in [0.05, 0.1) is 0 Å². The Labute approximate surface area is 219 Å². The lowest BCUT2D eigenvalue weighted by molar-refractivity contribution is -0.00712. The van der Waals surface area contributed by atoms with Gasteiger partial charge in [-0.25, -0.2) is 0 Å². The van der Waals surface area contributed by atoms with Crippen LogP contribution >= 0.6 is 0 Å². The Morgan fingerprint density at radius 3 is 0.972 bits per heavy atom. The maximum absolute atomic E-state index is 12.2. The van der Waals surface area contributed by atoms with E-state index in [9.17, 15) is 10.2 Å². The molecule has 8 bridgehead atoms. The summed E-state index contributed by atoms with van der Waals surface area (Å²) in [5.41, 5.74) is 4.42. The number of aromatic hydroxyl groups is 2. The van der Waals surface area contributed by atoms with Crippen LogP contribution in [0.2, 0.25) is 0 Å². The average molecular weight is 491 g/mol. The van der Waals surface area contributed by atoms with Crippen molar-refractivity contribution in [3.05, 3.63) is 22.3 Å². The second kappa shape index (κ2) is 7.69. The Bertz CT molecular complexity index is 941. The van der Waals surface area contributed by atoms with E-state index in [0.717, 1.165) is 52.9 Å². The fourth-order valence-corrected chi connectivity index (χ4v) is 11.7. The zero-order valence-electron chi connectivity index (χ0n) is 23.7. The van der Waals surface area contributed by atoms with Gasteiger partial charge in [0.15, 0.2) is 0 Å². The van der Waals surface area contributed by atoms with Crippen molar-refractivity contribution in [1.29, 1.82) is 0 Å². The smallest absolute Gasteiger partial charge is 0.126 e. The van der Waals surface area contributed by atoms with E-state index in [1.807, 2.05) is 0 Å². The van der Waals surface area contributed by atoms with Gasteiger partial charge in [0.2, 0.25) is 0 Å². The minimum absolute atomic E-state index is 0.0978. The molecule has 8 fully saturated rings. The van der Waals surface area contributed by atoms with Gasteiger partial charge in [0, 0.05) is 16.7 Å². The van der Waals surface area contributed by atoms with Crippen LogP contribution in [-0.4, -0.2) is 10.2 Å². The Kier molecular flexibility index (Phi) is 5.11. The SMILES string of the molecule is CC(C)(C)c1c(O)c(C2C3CC4CC(C3)CC2C4)c(C(C)(C)C)c(C2C3CC4CC(C3)CC2C4)c1O. The lowest BCUT2D eigenvalue weighted by Gasteiger charge is -2.57. The van der Waals surface area contributed by atoms with Crippen LogP contribution in [0.4, 0.5) is 0 Å². The molecular formula is C34H50O2. The Morgan fingerprint density at radius 2 is 0.722 bits per heavy atom. The molecule has 36 heavy (non-hydrogen) atoms. The molecule has 0 amide bonds. The first-order valence-corrected chi connectivity index (χ1v) is 15.5. The molecule has 2 N–H and O–H groups in total. The molecule has 8 saturated carbocycles. The first kappa shape index (κ1) is 23.9. The second-order valence-electron chi connectivity index (χ2n) is 16.7. The molecule has 0 saturated heterocycles. The predicted molar refractivity (Wildman–Crippen MR) is 147 cm³/mol. The van der Waals surface area contributed by atoms with Gasteiger partial charge < -0.3 is 10.2 Å². The highest BCUT2D eigenvalue weighted by atomic mass is 16.3. The summed E-state index contributed by atoms with van der Waals surface area (Å²) in [5.74, 6) is 8.46. The molecule has 2 heteroatoms. The van der Waals surface area contributed by atoms with E-state index >= 15 is 0 Å². The standard InChI is InChI=1S/C34H50O2/c1-33(2,3)29-27(25-21-9-17-7-18(11-21)12-22(25)10-17)31(35)30(34(4,5)6)32(36)28(29)26-23-13-19-8-20(15-23)16-24(26)14-19/h17-26,35-36H,7-16H2,1-6H3. The lowest BCUT2D eigenvalue weighted by atomic mass is 9.48. The van der Waals surface area contributed by atoms with Gasteiger partial charge in [-0.2, -0.15) is 0 Å². The highest BCUT2D eigenvalue weighted by Gasteiger charge is 2.54. The first-order valence-electron chi connectivity index (χ1n) is 15.5. The van der Waals surface area contributed by atoms with Gasteiger partial charge in [-0.05, 0) is 140 Å². The minimum atomic E-state index is -0.286. The van der Waals surface area contributed by atoms with Crippen molar-refractivity contribution in [1.82, 2.24) is 0 Å². The average Bonchev–Trinajstić information content (AvgIpc) is 2.72. The summed E-state index contributed by atoms with van der Waals surface area (Å²) in [5, 5.41) is 24.5. The van der Waals surface area contributed by atoms with Crippen LogP contribution in [0.15, 0.2) is 0 Å². The molecule has 1 aromatic carbocycles. The Morgan fingerprint density at radius 1 is 0.444 bits per heavy atom. The molecule has 0 unspecified atom stereocenters. The molecule has 1 aromatic rings. The summed E-state index contributed by atoms with van der Waals surface area (Å²) in [6.07, 6.45) is 13.8. The molecule has 2 nitrogen and oxygen atoms in total. The van der Waals surface area contributed by atoms with Gasteiger partial charge in [0.1, 0.15) is 11.5 Å². The van der Waals surface area contributed by atoms with Crippen molar-refractivity contribution < 1.29 is 10.2 Å². The van der Waals surface area contributed by atoms with Crippen LogP contribution in [0, 0.1) is 47.3 Å². The van der Waals surface area contributed by atoms with Crippen molar-refractivity contribution in [3.63, 3.8) is 0 Å². The molecule has 0 spiro atoms. The minimum Gasteiger partial charge on any atom is -0.507 e. The number of hydrogen-bond donors (Lipinski definition) is 2. The topological polar surface area (TPSA) is 40.5 Å². The number of rotatable bonds is 2. The van der Waals surface area contributed by atoms with E-state index in [2.05, 4.69) is 41.5 Å². The predicted octanol–water partition coefficient (Wildman–Crippen LogP) is 8.77. The lowest BCUT2D eigenvalue weighted by Crippen LogP contribution is -2.46. The molecule has 0 radical (unpaired) electrons. The largest absolute Gasteiger partial charge is 0.507 e. The van der Waals surface area contributed by atoms with E-state index in [-0.39, 0.29) is 10.8 Å².